The summed E-state index contributed by atoms with van der Waals surface area (Å²) in [6, 6.07) is 15.5. The number of aromatic nitrogens is 3. The zero-order valence-corrected chi connectivity index (χ0v) is 18.4. The average Bonchev–Trinajstić information content (AvgIpc) is 3.14. The summed E-state index contributed by atoms with van der Waals surface area (Å²) < 4.78 is 11.5. The normalized spacial score (nSPS) is 14.2. The van der Waals surface area contributed by atoms with Gasteiger partial charge in [-0.05, 0) is 23.6 Å². The van der Waals surface area contributed by atoms with Gasteiger partial charge in [0.15, 0.2) is 17.3 Å². The molecule has 0 aliphatic carbocycles. The van der Waals surface area contributed by atoms with Gasteiger partial charge in [-0.25, -0.2) is 4.98 Å². The van der Waals surface area contributed by atoms with E-state index in [0.717, 1.165) is 29.0 Å². The molecule has 2 aromatic carbocycles. The van der Waals surface area contributed by atoms with Crippen LogP contribution in [-0.2, 0) is 4.79 Å². The topological polar surface area (TPSA) is 89.1 Å². The van der Waals surface area contributed by atoms with E-state index in [1.54, 1.807) is 0 Å². The minimum absolute atomic E-state index is 0.0677. The smallest absolute Gasteiger partial charge is 0.230 e. The van der Waals surface area contributed by atoms with Crippen LogP contribution in [0.1, 0.15) is 31.9 Å². The highest BCUT2D eigenvalue weighted by Crippen LogP contribution is 2.34. The third kappa shape index (κ3) is 5.38. The first-order chi connectivity index (χ1) is 15.1. The highest BCUT2D eigenvalue weighted by molar-refractivity contribution is 7.99. The van der Waals surface area contributed by atoms with Crippen LogP contribution in [0.3, 0.4) is 0 Å². The van der Waals surface area contributed by atoms with E-state index in [4.69, 9.17) is 9.47 Å². The molecule has 0 saturated heterocycles. The van der Waals surface area contributed by atoms with Gasteiger partial charge in [0, 0.05) is 12.0 Å². The third-order valence-corrected chi connectivity index (χ3v) is 5.81. The fourth-order valence-electron chi connectivity index (χ4n) is 3.39. The molecule has 2 N–H and O–H groups in total. The maximum Gasteiger partial charge on any atom is 0.230 e. The standard InChI is InChI=1S/C23H26N4O3S/c1-15(2)21(17-9-10-18-19(13-17)30-12-6-11-29-18)24-20(28)14-31-23-25-22(26-27-23)16-7-4-3-5-8-16/h3-5,7-10,13,15,21H,6,11-12,14H2,1-2H3,(H,24,28)(H,25,26,27)/t21-/m1/s1. The Bertz CT molecular complexity index is 1020. The van der Waals surface area contributed by atoms with Gasteiger partial charge in [-0.1, -0.05) is 62.0 Å². The molecule has 0 fully saturated rings. The molecule has 1 aromatic heterocycles. The number of thioether (sulfide) groups is 1. The summed E-state index contributed by atoms with van der Waals surface area (Å²) >= 11 is 1.31. The van der Waals surface area contributed by atoms with Crippen LogP contribution in [0, 0.1) is 5.92 Å². The number of amides is 1. The number of benzene rings is 2. The highest BCUT2D eigenvalue weighted by atomic mass is 32.2. The molecule has 7 nitrogen and oxygen atoms in total. The van der Waals surface area contributed by atoms with E-state index >= 15 is 0 Å². The molecule has 3 aromatic rings. The zero-order valence-electron chi connectivity index (χ0n) is 17.6. The predicted octanol–water partition coefficient (Wildman–Crippen LogP) is 4.24. The molecule has 0 saturated carbocycles. The number of ether oxygens (including phenoxy) is 2. The van der Waals surface area contributed by atoms with Crippen molar-refractivity contribution in [1.29, 1.82) is 0 Å². The second-order valence-electron chi connectivity index (χ2n) is 7.67. The molecule has 0 bridgehead atoms. The molecule has 1 amide bonds. The summed E-state index contributed by atoms with van der Waals surface area (Å²) in [5, 5.41) is 10.8. The van der Waals surface area contributed by atoms with Crippen molar-refractivity contribution in [3.05, 3.63) is 54.1 Å². The Morgan fingerprint density at radius 3 is 2.68 bits per heavy atom. The summed E-state index contributed by atoms with van der Waals surface area (Å²) in [7, 11) is 0. The van der Waals surface area contributed by atoms with Crippen molar-refractivity contribution in [2.24, 2.45) is 5.92 Å². The van der Waals surface area contributed by atoms with Gasteiger partial charge < -0.3 is 14.8 Å². The van der Waals surface area contributed by atoms with E-state index in [2.05, 4.69) is 34.3 Å². The summed E-state index contributed by atoms with van der Waals surface area (Å²) in [5.74, 6) is 2.56. The fourth-order valence-corrected chi connectivity index (χ4v) is 4.00. The maximum atomic E-state index is 12.7. The molecular weight excluding hydrogens is 412 g/mol. The third-order valence-electron chi connectivity index (χ3n) is 4.96. The lowest BCUT2D eigenvalue weighted by Crippen LogP contribution is -2.33. The molecule has 162 valence electrons. The highest BCUT2D eigenvalue weighted by Gasteiger charge is 2.21. The fraction of sp³-hybridized carbons (Fsp3) is 0.348. The van der Waals surface area contributed by atoms with Crippen LogP contribution in [0.5, 0.6) is 11.5 Å². The van der Waals surface area contributed by atoms with Gasteiger partial charge in [0.05, 0.1) is 25.0 Å². The molecule has 8 heteroatoms. The van der Waals surface area contributed by atoms with E-state index in [1.807, 2.05) is 48.5 Å². The van der Waals surface area contributed by atoms with Gasteiger partial charge in [-0.15, -0.1) is 5.10 Å². The van der Waals surface area contributed by atoms with Gasteiger partial charge in [-0.2, -0.15) is 0 Å². The van der Waals surface area contributed by atoms with Crippen LogP contribution in [0.2, 0.25) is 0 Å². The molecule has 0 radical (unpaired) electrons. The quantitative estimate of drug-likeness (QED) is 0.537. The second-order valence-corrected chi connectivity index (χ2v) is 8.61. The Hall–Kier alpha value is -3.00. The van der Waals surface area contributed by atoms with Crippen molar-refractivity contribution in [2.45, 2.75) is 31.5 Å². The van der Waals surface area contributed by atoms with E-state index in [-0.39, 0.29) is 23.6 Å². The van der Waals surface area contributed by atoms with E-state index in [1.165, 1.54) is 11.8 Å². The lowest BCUT2D eigenvalue weighted by Gasteiger charge is -2.23. The van der Waals surface area contributed by atoms with Crippen LogP contribution >= 0.6 is 11.8 Å². The van der Waals surface area contributed by atoms with Crippen molar-refractivity contribution >= 4 is 17.7 Å². The van der Waals surface area contributed by atoms with Gasteiger partial charge in [-0.3, -0.25) is 9.89 Å². The van der Waals surface area contributed by atoms with Crippen molar-refractivity contribution in [3.63, 3.8) is 0 Å². The number of rotatable bonds is 7. The number of hydrogen-bond acceptors (Lipinski definition) is 6. The van der Waals surface area contributed by atoms with Crippen LogP contribution in [0.4, 0.5) is 0 Å². The summed E-state index contributed by atoms with van der Waals surface area (Å²) in [6.45, 7) is 5.46. The molecule has 31 heavy (non-hydrogen) atoms. The van der Waals surface area contributed by atoms with E-state index in [9.17, 15) is 4.79 Å². The van der Waals surface area contributed by atoms with Crippen LogP contribution in [0.15, 0.2) is 53.7 Å². The lowest BCUT2D eigenvalue weighted by molar-refractivity contribution is -0.119. The Morgan fingerprint density at radius 2 is 1.90 bits per heavy atom. The average molecular weight is 439 g/mol. The van der Waals surface area contributed by atoms with Gasteiger partial charge in [0.2, 0.25) is 11.1 Å². The Labute approximate surface area is 186 Å². The van der Waals surface area contributed by atoms with Gasteiger partial charge >= 0.3 is 0 Å². The minimum atomic E-state index is -0.128. The molecule has 0 unspecified atom stereocenters. The second kappa shape index (κ2) is 9.87. The monoisotopic (exact) mass is 438 g/mol. The molecule has 2 heterocycles. The minimum Gasteiger partial charge on any atom is -0.490 e. The molecular formula is C23H26N4O3S. The number of nitrogens with one attached hydrogen (secondary N) is 2. The molecule has 4 rings (SSSR count). The van der Waals surface area contributed by atoms with Crippen molar-refractivity contribution < 1.29 is 14.3 Å². The van der Waals surface area contributed by atoms with Crippen LogP contribution < -0.4 is 14.8 Å². The van der Waals surface area contributed by atoms with Crippen LogP contribution in [-0.4, -0.2) is 40.1 Å². The number of H-pyrrole nitrogens is 1. The molecule has 1 aliphatic rings. The van der Waals surface area contributed by atoms with E-state index < -0.39 is 0 Å². The van der Waals surface area contributed by atoms with Crippen molar-refractivity contribution in [1.82, 2.24) is 20.5 Å². The largest absolute Gasteiger partial charge is 0.490 e. The van der Waals surface area contributed by atoms with Crippen LogP contribution in [0.25, 0.3) is 11.4 Å². The first kappa shape index (κ1) is 21.2. The summed E-state index contributed by atoms with van der Waals surface area (Å²) in [5.41, 5.74) is 1.96. The van der Waals surface area contributed by atoms with Gasteiger partial charge in [0.1, 0.15) is 0 Å². The zero-order chi connectivity index (χ0) is 21.6. The number of nitrogens with zero attached hydrogens (tertiary/aromatic N) is 2. The van der Waals surface area contributed by atoms with Crippen molar-refractivity contribution in [2.75, 3.05) is 19.0 Å². The Morgan fingerprint density at radius 1 is 1.13 bits per heavy atom. The number of hydrogen-bond donors (Lipinski definition) is 2. The number of carbonyl (C=O) groups is 1. The summed E-state index contributed by atoms with van der Waals surface area (Å²) in [6.07, 6.45) is 0.860. The summed E-state index contributed by atoms with van der Waals surface area (Å²) in [4.78, 5) is 17.1. The first-order valence-corrected chi connectivity index (χ1v) is 11.4. The Balaban J connectivity index is 1.38. The molecule has 1 aliphatic heterocycles. The first-order valence-electron chi connectivity index (χ1n) is 10.4. The SMILES string of the molecule is CC(C)[C@@H](NC(=O)CSc1n[nH]c(-c2ccccc2)n1)c1ccc2c(c1)OCCCO2. The Kier molecular flexibility index (Phi) is 6.76. The maximum absolute atomic E-state index is 12.7. The van der Waals surface area contributed by atoms with Crippen molar-refractivity contribution in [3.8, 4) is 22.9 Å². The predicted molar refractivity (Wildman–Crippen MR) is 120 cm³/mol. The van der Waals surface area contributed by atoms with E-state index in [0.29, 0.717) is 24.2 Å². The number of fused-ring (bicyclic) bond motifs is 1. The lowest BCUT2D eigenvalue weighted by atomic mass is 9.95. The number of aromatic amines is 1. The molecule has 1 atom stereocenters. The molecule has 0 spiro atoms. The van der Waals surface area contributed by atoms with Gasteiger partial charge in [0.25, 0.3) is 0 Å². The number of carbonyl (C=O) groups excluding carboxylic acids is 1.